The van der Waals surface area contributed by atoms with E-state index in [0.717, 1.165) is 24.8 Å². The maximum atomic E-state index is 6.26. The van der Waals surface area contributed by atoms with E-state index in [1.165, 1.54) is 24.2 Å². The molecule has 20 heavy (non-hydrogen) atoms. The third kappa shape index (κ3) is 1.66. The summed E-state index contributed by atoms with van der Waals surface area (Å²) < 4.78 is 7.86. The maximum absolute atomic E-state index is 6.26. The Labute approximate surface area is 118 Å². The third-order valence-electron chi connectivity index (χ3n) is 4.74. The van der Waals surface area contributed by atoms with Crippen molar-refractivity contribution < 1.29 is 4.52 Å². The molecule has 2 aliphatic carbocycles. The van der Waals surface area contributed by atoms with Crippen LogP contribution in [0, 0.1) is 13.8 Å². The van der Waals surface area contributed by atoms with Crippen LogP contribution in [0.1, 0.15) is 55.4 Å². The number of rotatable bonds is 3. The highest BCUT2D eigenvalue weighted by molar-refractivity contribution is 5.58. The molecule has 5 heteroatoms. The molecule has 0 unspecified atom stereocenters. The van der Waals surface area contributed by atoms with Crippen molar-refractivity contribution in [2.24, 2.45) is 5.73 Å². The molecular weight excluding hydrogens is 252 g/mol. The summed E-state index contributed by atoms with van der Waals surface area (Å²) in [6.45, 7) is 4.27. The van der Waals surface area contributed by atoms with Crippen LogP contribution < -0.4 is 5.73 Å². The summed E-state index contributed by atoms with van der Waals surface area (Å²) >= 11 is 0. The van der Waals surface area contributed by atoms with Gasteiger partial charge in [-0.25, -0.2) is 0 Å². The molecule has 0 atom stereocenters. The Bertz CT molecular complexity index is 661. The van der Waals surface area contributed by atoms with Crippen LogP contribution in [0.2, 0.25) is 0 Å². The predicted octanol–water partition coefficient (Wildman–Crippen LogP) is 2.83. The predicted molar refractivity (Wildman–Crippen MR) is 75.2 cm³/mol. The molecule has 106 valence electrons. The van der Waals surface area contributed by atoms with Gasteiger partial charge in [0, 0.05) is 17.4 Å². The van der Waals surface area contributed by atoms with Crippen LogP contribution in [0.25, 0.3) is 11.5 Å². The van der Waals surface area contributed by atoms with E-state index in [9.17, 15) is 0 Å². The Kier molecular flexibility index (Phi) is 2.40. The van der Waals surface area contributed by atoms with Crippen LogP contribution in [0.5, 0.6) is 0 Å². The van der Waals surface area contributed by atoms with Crippen molar-refractivity contribution in [1.82, 2.24) is 14.7 Å². The molecule has 0 saturated heterocycles. The highest BCUT2D eigenvalue weighted by Crippen LogP contribution is 2.41. The van der Waals surface area contributed by atoms with Crippen LogP contribution in [0.3, 0.4) is 0 Å². The fourth-order valence-electron chi connectivity index (χ4n) is 3.20. The van der Waals surface area contributed by atoms with Crippen molar-refractivity contribution >= 4 is 0 Å². The average molecular weight is 272 g/mol. The summed E-state index contributed by atoms with van der Waals surface area (Å²) in [6.07, 6.45) is 5.60. The Balaban J connectivity index is 1.72. The largest absolute Gasteiger partial charge is 0.345 e. The lowest BCUT2D eigenvalue weighted by Gasteiger charge is -2.34. The summed E-state index contributed by atoms with van der Waals surface area (Å²) in [5, 5.41) is 4.11. The second-order valence-corrected chi connectivity index (χ2v) is 6.32. The molecule has 0 aromatic carbocycles. The molecule has 2 aromatic heterocycles. The minimum Gasteiger partial charge on any atom is -0.345 e. The summed E-state index contributed by atoms with van der Waals surface area (Å²) in [5.74, 6) is 1.27. The van der Waals surface area contributed by atoms with Gasteiger partial charge in [-0.1, -0.05) is 5.16 Å². The van der Waals surface area contributed by atoms with Gasteiger partial charge < -0.3 is 14.8 Å². The van der Waals surface area contributed by atoms with E-state index < -0.39 is 0 Å². The van der Waals surface area contributed by atoms with Crippen molar-refractivity contribution in [2.75, 3.05) is 0 Å². The van der Waals surface area contributed by atoms with Crippen molar-refractivity contribution in [3.8, 4) is 11.5 Å². The molecule has 4 rings (SSSR count). The molecule has 0 bridgehead atoms. The minimum atomic E-state index is -0.357. The first-order chi connectivity index (χ1) is 9.58. The first-order valence-electron chi connectivity index (χ1n) is 7.40. The molecule has 2 N–H and O–H groups in total. The normalized spacial score (nSPS) is 20.9. The van der Waals surface area contributed by atoms with Gasteiger partial charge in [0.05, 0.1) is 11.1 Å². The molecular formula is C15H20N4O. The van der Waals surface area contributed by atoms with E-state index >= 15 is 0 Å². The van der Waals surface area contributed by atoms with Gasteiger partial charge in [-0.15, -0.1) is 0 Å². The van der Waals surface area contributed by atoms with Gasteiger partial charge in [0.1, 0.15) is 0 Å². The molecule has 2 aromatic rings. The summed E-state index contributed by atoms with van der Waals surface area (Å²) in [5.41, 5.74) is 9.44. The fourth-order valence-corrected chi connectivity index (χ4v) is 3.20. The van der Waals surface area contributed by atoms with Gasteiger partial charge in [0.25, 0.3) is 5.89 Å². The maximum Gasteiger partial charge on any atom is 0.259 e. The molecule has 0 spiro atoms. The zero-order valence-electron chi connectivity index (χ0n) is 12.0. The highest BCUT2D eigenvalue weighted by atomic mass is 16.5. The Morgan fingerprint density at radius 3 is 2.70 bits per heavy atom. The van der Waals surface area contributed by atoms with Crippen LogP contribution >= 0.6 is 0 Å². The van der Waals surface area contributed by atoms with E-state index in [-0.39, 0.29) is 5.54 Å². The first-order valence-corrected chi connectivity index (χ1v) is 7.40. The molecule has 2 saturated carbocycles. The first kappa shape index (κ1) is 12.1. The number of hydrogen-bond donors (Lipinski definition) is 1. The van der Waals surface area contributed by atoms with Crippen LogP contribution in [0.4, 0.5) is 0 Å². The highest BCUT2D eigenvalue weighted by Gasteiger charge is 2.39. The average Bonchev–Trinajstić information content (AvgIpc) is 3.00. The molecule has 0 aliphatic heterocycles. The molecule has 2 aliphatic rings. The van der Waals surface area contributed by atoms with Gasteiger partial charge in [-0.05, 0) is 52.0 Å². The smallest absolute Gasteiger partial charge is 0.259 e. The quantitative estimate of drug-likeness (QED) is 0.932. The second kappa shape index (κ2) is 3.95. The lowest BCUT2D eigenvalue weighted by atomic mass is 9.77. The van der Waals surface area contributed by atoms with Crippen LogP contribution in [0.15, 0.2) is 10.6 Å². The van der Waals surface area contributed by atoms with Crippen molar-refractivity contribution in [3.63, 3.8) is 0 Å². The SMILES string of the molecule is Cc1cc(-c2nc(C3(N)CCC3)no2)c(C)n1C1CC1. The third-order valence-corrected chi connectivity index (χ3v) is 4.74. The van der Waals surface area contributed by atoms with Gasteiger partial charge in [-0.2, -0.15) is 4.98 Å². The topological polar surface area (TPSA) is 69.9 Å². The van der Waals surface area contributed by atoms with Crippen molar-refractivity contribution in [1.29, 1.82) is 0 Å². The monoisotopic (exact) mass is 272 g/mol. The molecule has 0 amide bonds. The lowest BCUT2D eigenvalue weighted by molar-refractivity contribution is 0.229. The van der Waals surface area contributed by atoms with E-state index in [1.54, 1.807) is 0 Å². The van der Waals surface area contributed by atoms with Crippen molar-refractivity contribution in [3.05, 3.63) is 23.3 Å². The zero-order valence-corrected chi connectivity index (χ0v) is 12.0. The van der Waals surface area contributed by atoms with E-state index in [0.29, 0.717) is 17.8 Å². The zero-order chi connectivity index (χ0) is 13.9. The Morgan fingerprint density at radius 1 is 1.35 bits per heavy atom. The van der Waals surface area contributed by atoms with Crippen LogP contribution in [-0.4, -0.2) is 14.7 Å². The number of nitrogens with two attached hydrogens (primary N) is 1. The standard InChI is InChI=1S/C15H20N4O/c1-9-8-12(10(2)19(9)11-4-5-11)13-17-14(18-20-13)15(16)6-3-7-15/h8,11H,3-7,16H2,1-2H3. The second-order valence-electron chi connectivity index (χ2n) is 6.32. The number of nitrogens with zero attached hydrogens (tertiary/aromatic N) is 3. The minimum absolute atomic E-state index is 0.357. The lowest BCUT2D eigenvalue weighted by Crippen LogP contribution is -2.44. The molecule has 5 nitrogen and oxygen atoms in total. The molecule has 2 heterocycles. The number of hydrogen-bond acceptors (Lipinski definition) is 4. The van der Waals surface area contributed by atoms with E-state index in [2.05, 4.69) is 34.6 Å². The summed E-state index contributed by atoms with van der Waals surface area (Å²) in [4.78, 5) is 4.55. The summed E-state index contributed by atoms with van der Waals surface area (Å²) in [7, 11) is 0. The Morgan fingerprint density at radius 2 is 2.10 bits per heavy atom. The van der Waals surface area contributed by atoms with E-state index in [1.807, 2.05) is 0 Å². The summed E-state index contributed by atoms with van der Waals surface area (Å²) in [6, 6.07) is 2.81. The molecule has 0 radical (unpaired) electrons. The number of aromatic nitrogens is 3. The van der Waals surface area contributed by atoms with Crippen molar-refractivity contribution in [2.45, 2.75) is 57.5 Å². The van der Waals surface area contributed by atoms with Crippen LogP contribution in [-0.2, 0) is 5.54 Å². The van der Waals surface area contributed by atoms with Gasteiger partial charge in [0.2, 0.25) is 0 Å². The fraction of sp³-hybridized carbons (Fsp3) is 0.600. The van der Waals surface area contributed by atoms with Gasteiger partial charge >= 0.3 is 0 Å². The van der Waals surface area contributed by atoms with E-state index in [4.69, 9.17) is 10.3 Å². The van der Waals surface area contributed by atoms with Gasteiger partial charge in [0.15, 0.2) is 5.82 Å². The molecule has 2 fully saturated rings. The number of aryl methyl sites for hydroxylation is 1. The Hall–Kier alpha value is -1.62. The van der Waals surface area contributed by atoms with Gasteiger partial charge in [-0.3, -0.25) is 0 Å².